The fraction of sp³-hybridized carbons (Fsp3) is 0.259. The molecule has 12 heteroatoms. The van der Waals surface area contributed by atoms with Gasteiger partial charge in [-0.15, -0.1) is 0 Å². The predicted molar refractivity (Wildman–Crippen MR) is 144 cm³/mol. The van der Waals surface area contributed by atoms with Crippen molar-refractivity contribution >= 4 is 23.6 Å². The summed E-state index contributed by atoms with van der Waals surface area (Å²) in [5, 5.41) is 10.1. The average molecular weight is 561 g/mol. The summed E-state index contributed by atoms with van der Waals surface area (Å²) < 4.78 is 40.2. The predicted octanol–water partition coefficient (Wildman–Crippen LogP) is 4.24. The average Bonchev–Trinajstić information content (AvgIpc) is 2.87. The van der Waals surface area contributed by atoms with Crippen LogP contribution in [-0.2, 0) is 23.6 Å². The first-order valence-corrected chi connectivity index (χ1v) is 12.0. The van der Waals surface area contributed by atoms with Gasteiger partial charge in [0.25, 0.3) is 11.1 Å². The van der Waals surface area contributed by atoms with Crippen molar-refractivity contribution in [2.45, 2.75) is 39.6 Å². The number of hydrogen-bond acceptors (Lipinski definition) is 7. The molecule has 0 amide bonds. The van der Waals surface area contributed by atoms with Crippen LogP contribution in [0.4, 0.5) is 8.78 Å². The van der Waals surface area contributed by atoms with E-state index in [0.29, 0.717) is 11.8 Å². The summed E-state index contributed by atoms with van der Waals surface area (Å²) in [6.07, 6.45) is 8.23. The highest BCUT2D eigenvalue weighted by molar-refractivity contribution is 6.31. The van der Waals surface area contributed by atoms with Crippen molar-refractivity contribution in [2.75, 3.05) is 7.11 Å². The van der Waals surface area contributed by atoms with E-state index in [1.54, 1.807) is 19.1 Å². The Kier molecular flexibility index (Phi) is 9.68. The summed E-state index contributed by atoms with van der Waals surface area (Å²) >= 11 is 6.28. The Labute approximate surface area is 227 Å². The third-order valence-corrected chi connectivity index (χ3v) is 5.70. The molecular weight excluding hydrogens is 534 g/mol. The van der Waals surface area contributed by atoms with Crippen LogP contribution in [0.2, 0.25) is 5.02 Å². The first-order valence-electron chi connectivity index (χ1n) is 11.7. The summed E-state index contributed by atoms with van der Waals surface area (Å²) in [5.41, 5.74) is -2.28. The number of hydrogen-bond donors (Lipinski definition) is 1. The molecule has 3 heterocycles. The Bertz CT molecular complexity index is 1560. The number of rotatable bonds is 9. The zero-order valence-corrected chi connectivity index (χ0v) is 22.4. The van der Waals surface area contributed by atoms with Crippen molar-refractivity contribution in [1.82, 2.24) is 14.1 Å². The van der Waals surface area contributed by atoms with Crippen LogP contribution >= 0.6 is 11.6 Å². The highest BCUT2D eigenvalue weighted by atomic mass is 35.5. The van der Waals surface area contributed by atoms with E-state index in [9.17, 15) is 23.5 Å². The fourth-order valence-electron chi connectivity index (χ4n) is 3.47. The van der Waals surface area contributed by atoms with E-state index in [2.05, 4.69) is 9.98 Å². The van der Waals surface area contributed by atoms with Crippen molar-refractivity contribution in [3.63, 3.8) is 0 Å². The normalized spacial score (nSPS) is 12.6. The quantitative estimate of drug-likeness (QED) is 0.310. The standard InChI is InChI=1S/C27H27ClF2N4O5/c1-5-9-31-23(34-10-6-7-19(25(34)35)27(2,3)37)8-11-33-18(15-38-4)13-22(24(28)26(33)36)39-16-21-20(30)12-17(29)14-32-21/h5-14,37H,15-16H2,1-4H3/b9-5+,11-8+,31-23-. The molecule has 3 rings (SSSR count). The molecule has 0 atom stereocenters. The Balaban J connectivity index is 2.04. The van der Waals surface area contributed by atoms with Gasteiger partial charge >= 0.3 is 0 Å². The number of halogens is 3. The lowest BCUT2D eigenvalue weighted by Crippen LogP contribution is -2.34. The second kappa shape index (κ2) is 12.7. The zero-order chi connectivity index (χ0) is 28.7. The molecule has 0 bridgehead atoms. The van der Waals surface area contributed by atoms with Gasteiger partial charge in [-0.2, -0.15) is 0 Å². The number of ether oxygens (including phenoxy) is 2. The van der Waals surface area contributed by atoms with Crippen LogP contribution < -0.4 is 15.9 Å². The second-order valence-electron chi connectivity index (χ2n) is 8.73. The van der Waals surface area contributed by atoms with Gasteiger partial charge in [0.05, 0.1) is 24.1 Å². The van der Waals surface area contributed by atoms with Crippen LogP contribution in [0.3, 0.4) is 0 Å². The topological polar surface area (TPSA) is 108 Å². The maximum atomic E-state index is 14.0. The highest BCUT2D eigenvalue weighted by Gasteiger charge is 2.21. The third kappa shape index (κ3) is 7.14. The van der Waals surface area contributed by atoms with Crippen molar-refractivity contribution in [3.05, 3.63) is 109 Å². The summed E-state index contributed by atoms with van der Waals surface area (Å²) in [7, 11) is 1.42. The molecule has 9 nitrogen and oxygen atoms in total. The third-order valence-electron chi connectivity index (χ3n) is 5.35. The molecule has 39 heavy (non-hydrogen) atoms. The molecule has 0 aromatic carbocycles. The van der Waals surface area contributed by atoms with Crippen LogP contribution in [-0.4, -0.2) is 32.2 Å². The molecule has 0 aliphatic heterocycles. The van der Waals surface area contributed by atoms with E-state index >= 15 is 0 Å². The van der Waals surface area contributed by atoms with Gasteiger partial charge in [0.2, 0.25) is 0 Å². The van der Waals surface area contributed by atoms with E-state index in [0.717, 1.165) is 6.20 Å². The highest BCUT2D eigenvalue weighted by Crippen LogP contribution is 2.24. The van der Waals surface area contributed by atoms with Crippen LogP contribution in [0.1, 0.15) is 37.7 Å². The van der Waals surface area contributed by atoms with Crippen molar-refractivity contribution in [1.29, 1.82) is 0 Å². The lowest BCUT2D eigenvalue weighted by Gasteiger charge is -2.18. The van der Waals surface area contributed by atoms with Crippen LogP contribution in [0.25, 0.3) is 6.20 Å². The van der Waals surface area contributed by atoms with Gasteiger partial charge < -0.3 is 14.6 Å². The number of allylic oxidation sites excluding steroid dienone is 2. The maximum Gasteiger partial charge on any atom is 0.277 e. The second-order valence-corrected chi connectivity index (χ2v) is 9.11. The largest absolute Gasteiger partial charge is 0.485 e. The lowest BCUT2D eigenvalue weighted by atomic mass is 10.0. The SMILES string of the molecule is C/C=C/N=C(/C=C/n1c(COC)cc(OCc2ncc(F)cc2F)c(Cl)c1=O)n1cccc(C(C)(C)O)c1=O. The van der Waals surface area contributed by atoms with Gasteiger partial charge in [0.1, 0.15) is 34.7 Å². The maximum absolute atomic E-state index is 14.0. The summed E-state index contributed by atoms with van der Waals surface area (Å²) in [5.74, 6) is -1.65. The minimum atomic E-state index is -1.40. The minimum Gasteiger partial charge on any atom is -0.485 e. The van der Waals surface area contributed by atoms with Crippen molar-refractivity contribution in [2.24, 2.45) is 4.99 Å². The molecule has 0 aliphatic carbocycles. The Hall–Kier alpha value is -3.93. The first-order chi connectivity index (χ1) is 18.5. The number of pyridine rings is 3. The van der Waals surface area contributed by atoms with Gasteiger partial charge in [-0.3, -0.25) is 23.7 Å². The number of methoxy groups -OCH3 is 1. The van der Waals surface area contributed by atoms with E-state index in [1.807, 2.05) is 0 Å². The molecule has 0 spiro atoms. The monoisotopic (exact) mass is 560 g/mol. The van der Waals surface area contributed by atoms with Gasteiger partial charge in [0.15, 0.2) is 5.82 Å². The molecule has 0 saturated carbocycles. The molecule has 0 fully saturated rings. The molecule has 0 saturated heterocycles. The minimum absolute atomic E-state index is 0.0360. The number of aliphatic hydroxyl groups is 1. The molecule has 0 unspecified atom stereocenters. The van der Waals surface area contributed by atoms with Crippen LogP contribution in [0.15, 0.2) is 69.6 Å². The number of aliphatic imine (C=N–C) groups is 1. The number of aromatic nitrogens is 3. The van der Waals surface area contributed by atoms with Crippen molar-refractivity contribution < 1.29 is 23.4 Å². The fourth-order valence-corrected chi connectivity index (χ4v) is 3.67. The smallest absolute Gasteiger partial charge is 0.277 e. The van der Waals surface area contributed by atoms with Crippen LogP contribution in [0, 0.1) is 11.6 Å². The Morgan fingerprint density at radius 1 is 1.23 bits per heavy atom. The first kappa shape index (κ1) is 29.6. The van der Waals surface area contributed by atoms with Crippen molar-refractivity contribution in [3.8, 4) is 5.75 Å². The van der Waals surface area contributed by atoms with E-state index in [4.69, 9.17) is 21.1 Å². The lowest BCUT2D eigenvalue weighted by molar-refractivity contribution is 0.0768. The van der Waals surface area contributed by atoms with Gasteiger partial charge in [-0.05, 0) is 39.0 Å². The van der Waals surface area contributed by atoms with Gasteiger partial charge in [-0.1, -0.05) is 17.7 Å². The molecular formula is C27H27ClF2N4O5. The molecule has 3 aromatic heterocycles. The summed E-state index contributed by atoms with van der Waals surface area (Å²) in [6, 6.07) is 5.21. The van der Waals surface area contributed by atoms with Crippen LogP contribution in [0.5, 0.6) is 5.75 Å². The molecule has 206 valence electrons. The summed E-state index contributed by atoms with van der Waals surface area (Å²) in [6.45, 7) is 4.29. The zero-order valence-electron chi connectivity index (χ0n) is 21.7. The summed E-state index contributed by atoms with van der Waals surface area (Å²) in [4.78, 5) is 34.2. The van der Waals surface area contributed by atoms with E-state index in [1.165, 1.54) is 66.9 Å². The van der Waals surface area contributed by atoms with E-state index < -0.39 is 35.0 Å². The molecule has 3 aromatic rings. The Morgan fingerprint density at radius 3 is 2.62 bits per heavy atom. The Morgan fingerprint density at radius 2 is 1.97 bits per heavy atom. The molecule has 0 aliphatic rings. The molecule has 0 radical (unpaired) electrons. The van der Waals surface area contributed by atoms with E-state index in [-0.39, 0.29) is 34.5 Å². The molecule has 1 N–H and O–H groups in total. The van der Waals surface area contributed by atoms with Gasteiger partial charge in [-0.25, -0.2) is 13.8 Å². The van der Waals surface area contributed by atoms with Gasteiger partial charge in [0, 0.05) is 43.4 Å². The number of nitrogens with zero attached hydrogens (tertiary/aromatic N) is 4.